The molecule has 7 nitrogen and oxygen atoms in total. The number of likely N-dealkylation sites (tertiary alicyclic amines) is 1. The van der Waals surface area contributed by atoms with Gasteiger partial charge in [0.05, 0.1) is 38.1 Å². The van der Waals surface area contributed by atoms with Crippen LogP contribution in [0.3, 0.4) is 0 Å². The molecule has 1 aromatic heterocycles. The van der Waals surface area contributed by atoms with Crippen LogP contribution in [-0.2, 0) is 14.3 Å². The SMILES string of the molecule is O=C1C(=O)N(CC[NH+]2CCOCC2)[C@H](c2ccco2)C1=C(O)c1ccc(Cl)cc1. The second-order valence-corrected chi connectivity index (χ2v) is 7.56. The number of morpholine rings is 1. The number of hydrogen-bond donors (Lipinski definition) is 2. The zero-order valence-corrected chi connectivity index (χ0v) is 16.5. The normalized spacial score (nSPS) is 22.4. The molecule has 2 saturated heterocycles. The minimum atomic E-state index is -0.763. The van der Waals surface area contributed by atoms with E-state index in [0.717, 1.165) is 13.1 Å². The number of aliphatic hydroxyl groups excluding tert-OH is 1. The van der Waals surface area contributed by atoms with Crippen molar-refractivity contribution in [2.45, 2.75) is 6.04 Å². The summed E-state index contributed by atoms with van der Waals surface area (Å²) in [5, 5.41) is 11.4. The third kappa shape index (κ3) is 3.94. The van der Waals surface area contributed by atoms with E-state index < -0.39 is 17.7 Å². The van der Waals surface area contributed by atoms with E-state index in [2.05, 4.69) is 0 Å². The van der Waals surface area contributed by atoms with Crippen molar-refractivity contribution in [2.24, 2.45) is 0 Å². The molecule has 3 heterocycles. The Morgan fingerprint density at radius 2 is 1.90 bits per heavy atom. The first-order chi connectivity index (χ1) is 14.1. The van der Waals surface area contributed by atoms with E-state index in [0.29, 0.717) is 42.6 Å². The van der Waals surface area contributed by atoms with Crippen LogP contribution in [0.2, 0.25) is 5.02 Å². The molecular formula is C21H22ClN2O5+. The number of ketones is 1. The van der Waals surface area contributed by atoms with Gasteiger partial charge in [0, 0.05) is 10.6 Å². The summed E-state index contributed by atoms with van der Waals surface area (Å²) in [7, 11) is 0. The van der Waals surface area contributed by atoms with Crippen LogP contribution in [0.15, 0.2) is 52.7 Å². The number of halogens is 1. The third-order valence-corrected chi connectivity index (χ3v) is 5.63. The van der Waals surface area contributed by atoms with Crippen LogP contribution in [-0.4, -0.2) is 61.1 Å². The number of quaternary nitrogens is 1. The van der Waals surface area contributed by atoms with Crippen LogP contribution in [0.5, 0.6) is 0 Å². The Morgan fingerprint density at radius 1 is 1.17 bits per heavy atom. The van der Waals surface area contributed by atoms with Gasteiger partial charge in [-0.05, 0) is 36.4 Å². The molecule has 0 unspecified atom stereocenters. The first-order valence-electron chi connectivity index (χ1n) is 9.55. The van der Waals surface area contributed by atoms with Crippen LogP contribution in [0.1, 0.15) is 17.4 Å². The van der Waals surface area contributed by atoms with E-state index >= 15 is 0 Å². The molecular weight excluding hydrogens is 396 g/mol. The number of benzene rings is 1. The van der Waals surface area contributed by atoms with Crippen LogP contribution in [0, 0.1) is 0 Å². The number of carbonyl (C=O) groups is 2. The number of ether oxygens (including phenoxy) is 1. The number of nitrogens with one attached hydrogen (secondary N) is 1. The molecule has 152 valence electrons. The van der Waals surface area contributed by atoms with Gasteiger partial charge < -0.3 is 24.1 Å². The second-order valence-electron chi connectivity index (χ2n) is 7.13. The number of amides is 1. The van der Waals surface area contributed by atoms with Gasteiger partial charge in [0.25, 0.3) is 11.7 Å². The smallest absolute Gasteiger partial charge is 0.295 e. The van der Waals surface area contributed by atoms with Gasteiger partial charge in [0.1, 0.15) is 30.7 Å². The van der Waals surface area contributed by atoms with Gasteiger partial charge in [0.2, 0.25) is 0 Å². The minimum absolute atomic E-state index is 0.0317. The summed E-state index contributed by atoms with van der Waals surface area (Å²) in [4.78, 5) is 28.5. The molecule has 0 spiro atoms. The molecule has 0 bridgehead atoms. The number of aliphatic hydroxyl groups is 1. The number of hydrogen-bond acceptors (Lipinski definition) is 5. The predicted molar refractivity (Wildman–Crippen MR) is 106 cm³/mol. The highest BCUT2D eigenvalue weighted by Crippen LogP contribution is 2.39. The number of rotatable bonds is 5. The molecule has 2 aliphatic heterocycles. The Balaban J connectivity index is 1.68. The lowest BCUT2D eigenvalue weighted by Gasteiger charge is -2.28. The molecule has 2 aliphatic rings. The molecule has 0 aliphatic carbocycles. The van der Waals surface area contributed by atoms with Crippen LogP contribution >= 0.6 is 11.6 Å². The van der Waals surface area contributed by atoms with Gasteiger partial charge in [-0.3, -0.25) is 9.59 Å². The number of carbonyl (C=O) groups excluding carboxylic acids is 2. The first-order valence-corrected chi connectivity index (χ1v) is 9.93. The van der Waals surface area contributed by atoms with Gasteiger partial charge in [-0.1, -0.05) is 11.6 Å². The molecule has 1 atom stereocenters. The summed E-state index contributed by atoms with van der Waals surface area (Å²) < 4.78 is 10.9. The summed E-state index contributed by atoms with van der Waals surface area (Å²) in [5.74, 6) is -1.13. The lowest BCUT2D eigenvalue weighted by Crippen LogP contribution is -3.14. The summed E-state index contributed by atoms with van der Waals surface area (Å²) in [6.45, 7) is 4.16. The topological polar surface area (TPSA) is 84.4 Å². The molecule has 29 heavy (non-hydrogen) atoms. The van der Waals surface area contributed by atoms with E-state index in [9.17, 15) is 14.7 Å². The number of nitrogens with zero attached hydrogens (tertiary/aromatic N) is 1. The average molecular weight is 418 g/mol. The highest BCUT2D eigenvalue weighted by Gasteiger charge is 2.47. The average Bonchev–Trinajstić information content (AvgIpc) is 3.35. The Bertz CT molecular complexity index is 917. The van der Waals surface area contributed by atoms with Gasteiger partial charge in [-0.25, -0.2) is 0 Å². The lowest BCUT2D eigenvalue weighted by molar-refractivity contribution is -0.907. The van der Waals surface area contributed by atoms with Crippen molar-refractivity contribution in [3.05, 3.63) is 64.6 Å². The minimum Gasteiger partial charge on any atom is -0.507 e. The molecule has 1 amide bonds. The maximum Gasteiger partial charge on any atom is 0.295 e. The largest absolute Gasteiger partial charge is 0.507 e. The Kier molecular flexibility index (Phi) is 5.71. The summed E-state index contributed by atoms with van der Waals surface area (Å²) in [6.07, 6.45) is 1.49. The van der Waals surface area contributed by atoms with Crippen molar-refractivity contribution < 1.29 is 28.7 Å². The molecule has 2 N–H and O–H groups in total. The quantitative estimate of drug-likeness (QED) is 0.435. The van der Waals surface area contributed by atoms with Gasteiger partial charge in [-0.2, -0.15) is 0 Å². The second kappa shape index (κ2) is 8.41. The molecule has 2 fully saturated rings. The molecule has 4 rings (SSSR count). The maximum atomic E-state index is 12.9. The monoisotopic (exact) mass is 417 g/mol. The summed E-state index contributed by atoms with van der Waals surface area (Å²) in [5.41, 5.74) is 0.451. The molecule has 0 radical (unpaired) electrons. The van der Waals surface area contributed by atoms with Crippen molar-refractivity contribution in [1.29, 1.82) is 0 Å². The molecule has 0 saturated carbocycles. The van der Waals surface area contributed by atoms with Gasteiger partial charge >= 0.3 is 0 Å². The van der Waals surface area contributed by atoms with E-state index in [1.54, 1.807) is 36.4 Å². The van der Waals surface area contributed by atoms with E-state index in [1.165, 1.54) is 16.1 Å². The van der Waals surface area contributed by atoms with Crippen LogP contribution in [0.4, 0.5) is 0 Å². The predicted octanol–water partition coefficient (Wildman–Crippen LogP) is 1.27. The van der Waals surface area contributed by atoms with Gasteiger partial charge in [-0.15, -0.1) is 0 Å². The zero-order chi connectivity index (χ0) is 20.4. The fourth-order valence-electron chi connectivity index (χ4n) is 3.81. The summed E-state index contributed by atoms with van der Waals surface area (Å²) in [6, 6.07) is 9.11. The summed E-state index contributed by atoms with van der Waals surface area (Å²) >= 11 is 5.92. The van der Waals surface area contributed by atoms with Crippen molar-refractivity contribution in [1.82, 2.24) is 4.90 Å². The molecule has 8 heteroatoms. The van der Waals surface area contributed by atoms with Gasteiger partial charge in [0.15, 0.2) is 0 Å². The zero-order valence-electron chi connectivity index (χ0n) is 15.8. The Labute approximate surface area is 173 Å². The van der Waals surface area contributed by atoms with E-state index in [-0.39, 0.29) is 11.3 Å². The standard InChI is InChI=1S/C21H21ClN2O5/c22-15-5-3-14(4-6-15)19(25)17-18(16-2-1-11-29-16)24(21(27)20(17)26)8-7-23-9-12-28-13-10-23/h1-6,11,18,25H,7-10,12-13H2/p+1/t18-/m1/s1. The van der Waals surface area contributed by atoms with E-state index in [4.69, 9.17) is 20.8 Å². The molecule has 2 aromatic rings. The number of Topliss-reactive ketones (excluding diaryl/α,β-unsaturated/α-hetero) is 1. The Hall–Kier alpha value is -2.61. The molecule has 1 aromatic carbocycles. The highest BCUT2D eigenvalue weighted by atomic mass is 35.5. The van der Waals surface area contributed by atoms with Crippen LogP contribution in [0.25, 0.3) is 5.76 Å². The number of furan rings is 1. The first kappa shape index (κ1) is 19.7. The Morgan fingerprint density at radius 3 is 2.55 bits per heavy atom. The van der Waals surface area contributed by atoms with Crippen molar-refractivity contribution in [3.63, 3.8) is 0 Å². The third-order valence-electron chi connectivity index (χ3n) is 5.38. The van der Waals surface area contributed by atoms with E-state index in [1.807, 2.05) is 0 Å². The van der Waals surface area contributed by atoms with Crippen molar-refractivity contribution in [3.8, 4) is 0 Å². The fraction of sp³-hybridized carbons (Fsp3) is 0.333. The highest BCUT2D eigenvalue weighted by molar-refractivity contribution is 6.46. The lowest BCUT2D eigenvalue weighted by atomic mass is 9.99. The van der Waals surface area contributed by atoms with Crippen molar-refractivity contribution in [2.75, 3.05) is 39.4 Å². The fourth-order valence-corrected chi connectivity index (χ4v) is 3.93. The van der Waals surface area contributed by atoms with Crippen molar-refractivity contribution >= 4 is 29.1 Å². The maximum absolute atomic E-state index is 12.9. The van der Waals surface area contributed by atoms with Crippen LogP contribution < -0.4 is 4.90 Å².